The summed E-state index contributed by atoms with van der Waals surface area (Å²) in [7, 11) is 2.05. The number of nitriles is 1. The molecule has 2 rings (SSSR count). The predicted octanol–water partition coefficient (Wildman–Crippen LogP) is 3.20. The highest BCUT2D eigenvalue weighted by atomic mass is 14.9. The fourth-order valence-electron chi connectivity index (χ4n) is 2.01. The third-order valence-electron chi connectivity index (χ3n) is 2.86. The zero-order valence-corrected chi connectivity index (χ0v) is 9.07. The summed E-state index contributed by atoms with van der Waals surface area (Å²) in [5.41, 5.74) is 2.51. The number of hydrogen-bond donors (Lipinski definition) is 0. The van der Waals surface area contributed by atoms with Crippen LogP contribution in [0.1, 0.15) is 24.8 Å². The van der Waals surface area contributed by atoms with E-state index in [9.17, 15) is 0 Å². The van der Waals surface area contributed by atoms with Gasteiger partial charge in [-0.25, -0.2) is 0 Å². The minimum atomic E-state index is 0.307. The van der Waals surface area contributed by atoms with Crippen molar-refractivity contribution >= 4 is 10.9 Å². The number of rotatable bonds is 2. The average molecular weight is 198 g/mol. The van der Waals surface area contributed by atoms with E-state index in [0.29, 0.717) is 12.3 Å². The summed E-state index contributed by atoms with van der Waals surface area (Å²) >= 11 is 0. The van der Waals surface area contributed by atoms with Crippen LogP contribution < -0.4 is 0 Å². The molecule has 0 radical (unpaired) electrons. The van der Waals surface area contributed by atoms with Crippen LogP contribution in [0.5, 0.6) is 0 Å². The Morgan fingerprint density at radius 3 is 2.87 bits per heavy atom. The van der Waals surface area contributed by atoms with Gasteiger partial charge >= 0.3 is 0 Å². The van der Waals surface area contributed by atoms with Gasteiger partial charge in [0.1, 0.15) is 0 Å². The molecule has 0 unspecified atom stereocenters. The van der Waals surface area contributed by atoms with Gasteiger partial charge in [-0.2, -0.15) is 5.26 Å². The van der Waals surface area contributed by atoms with Crippen LogP contribution in [-0.4, -0.2) is 4.57 Å². The number of para-hydroxylation sites is 1. The Balaban J connectivity index is 2.58. The molecule has 15 heavy (non-hydrogen) atoms. The zero-order chi connectivity index (χ0) is 10.8. The highest BCUT2D eigenvalue weighted by Gasteiger charge is 2.11. The van der Waals surface area contributed by atoms with Gasteiger partial charge in [0, 0.05) is 30.6 Å². The second-order valence-electron chi connectivity index (χ2n) is 3.98. The van der Waals surface area contributed by atoms with E-state index in [-0.39, 0.29) is 0 Å². The highest BCUT2D eigenvalue weighted by Crippen LogP contribution is 2.28. The van der Waals surface area contributed by atoms with Crippen LogP contribution in [0.4, 0.5) is 0 Å². The fraction of sp³-hybridized carbons (Fsp3) is 0.308. The third-order valence-corrected chi connectivity index (χ3v) is 2.86. The molecule has 0 amide bonds. The van der Waals surface area contributed by atoms with E-state index in [1.54, 1.807) is 0 Å². The lowest BCUT2D eigenvalue weighted by Crippen LogP contribution is -1.90. The molecular weight excluding hydrogens is 184 g/mol. The summed E-state index contributed by atoms with van der Waals surface area (Å²) in [6.45, 7) is 2.10. The van der Waals surface area contributed by atoms with Gasteiger partial charge in [0.15, 0.2) is 0 Å². The van der Waals surface area contributed by atoms with Gasteiger partial charge in [0.25, 0.3) is 0 Å². The van der Waals surface area contributed by atoms with Crippen LogP contribution in [0.3, 0.4) is 0 Å². The summed E-state index contributed by atoms with van der Waals surface area (Å²) in [5, 5.41) is 9.99. The van der Waals surface area contributed by atoms with Crippen molar-refractivity contribution in [3.8, 4) is 6.07 Å². The molecule has 2 heteroatoms. The van der Waals surface area contributed by atoms with E-state index in [1.165, 1.54) is 16.5 Å². The fourth-order valence-corrected chi connectivity index (χ4v) is 2.01. The van der Waals surface area contributed by atoms with Gasteiger partial charge in [-0.1, -0.05) is 25.1 Å². The topological polar surface area (TPSA) is 28.7 Å². The van der Waals surface area contributed by atoms with Crippen LogP contribution in [0.25, 0.3) is 10.9 Å². The number of aryl methyl sites for hydroxylation is 1. The normalized spacial score (nSPS) is 12.6. The van der Waals surface area contributed by atoms with Gasteiger partial charge in [-0.05, 0) is 17.5 Å². The Morgan fingerprint density at radius 2 is 2.13 bits per heavy atom. The van der Waals surface area contributed by atoms with E-state index in [4.69, 9.17) is 5.26 Å². The molecule has 2 aromatic rings. The molecule has 0 aliphatic rings. The summed E-state index contributed by atoms with van der Waals surface area (Å²) < 4.78 is 2.12. The quantitative estimate of drug-likeness (QED) is 0.728. The van der Waals surface area contributed by atoms with Crippen LogP contribution in [0, 0.1) is 11.3 Å². The Kier molecular flexibility index (Phi) is 2.47. The van der Waals surface area contributed by atoms with Crippen molar-refractivity contribution in [2.75, 3.05) is 0 Å². The molecule has 1 aromatic heterocycles. The van der Waals surface area contributed by atoms with E-state index in [2.05, 4.69) is 35.9 Å². The number of nitrogens with zero attached hydrogens (tertiary/aromatic N) is 2. The molecule has 0 aliphatic carbocycles. The average Bonchev–Trinajstić information content (AvgIpc) is 2.58. The van der Waals surface area contributed by atoms with Crippen LogP contribution in [0.2, 0.25) is 0 Å². The Labute approximate surface area is 89.7 Å². The van der Waals surface area contributed by atoms with Crippen molar-refractivity contribution in [1.82, 2.24) is 4.57 Å². The number of benzene rings is 1. The Bertz CT molecular complexity index is 517. The molecule has 1 atom stereocenters. The third kappa shape index (κ3) is 1.61. The van der Waals surface area contributed by atoms with Gasteiger partial charge < -0.3 is 4.57 Å². The lowest BCUT2D eigenvalue weighted by molar-refractivity contribution is 0.788. The van der Waals surface area contributed by atoms with Crippen molar-refractivity contribution in [1.29, 1.82) is 5.26 Å². The maximum absolute atomic E-state index is 8.72. The smallest absolute Gasteiger partial charge is 0.0628 e. The Hall–Kier alpha value is -1.75. The highest BCUT2D eigenvalue weighted by molar-refractivity contribution is 5.84. The van der Waals surface area contributed by atoms with Gasteiger partial charge in [-0.15, -0.1) is 0 Å². The van der Waals surface area contributed by atoms with E-state index >= 15 is 0 Å². The first-order valence-corrected chi connectivity index (χ1v) is 5.15. The molecule has 2 nitrogen and oxygen atoms in total. The van der Waals surface area contributed by atoms with Crippen molar-refractivity contribution in [3.63, 3.8) is 0 Å². The molecule has 1 heterocycles. The molecular formula is C13H14N2. The molecule has 0 aliphatic heterocycles. The number of hydrogen-bond acceptors (Lipinski definition) is 1. The number of aromatic nitrogens is 1. The molecule has 1 aromatic carbocycles. The van der Waals surface area contributed by atoms with E-state index < -0.39 is 0 Å². The summed E-state index contributed by atoms with van der Waals surface area (Å²) in [4.78, 5) is 0. The van der Waals surface area contributed by atoms with Crippen LogP contribution in [0.15, 0.2) is 30.5 Å². The SMILES string of the molecule is C[C@@H](CC#N)c1cn(C)c2ccccc12. The van der Waals surface area contributed by atoms with Crippen molar-refractivity contribution in [3.05, 3.63) is 36.0 Å². The van der Waals surface area contributed by atoms with Crippen molar-refractivity contribution in [2.45, 2.75) is 19.3 Å². The van der Waals surface area contributed by atoms with Crippen molar-refractivity contribution < 1.29 is 0 Å². The molecule has 0 spiro atoms. The minimum absolute atomic E-state index is 0.307. The second kappa shape index (κ2) is 3.78. The lowest BCUT2D eigenvalue weighted by atomic mass is 9.98. The standard InChI is InChI=1S/C13H14N2/c1-10(7-8-14)12-9-15(2)13-6-4-3-5-11(12)13/h3-6,9-10H,7H2,1-2H3/t10-/m0/s1. The summed E-state index contributed by atoms with van der Waals surface area (Å²) in [6.07, 6.45) is 2.71. The second-order valence-corrected chi connectivity index (χ2v) is 3.98. The maximum Gasteiger partial charge on any atom is 0.0628 e. The zero-order valence-electron chi connectivity index (χ0n) is 9.07. The van der Waals surface area contributed by atoms with E-state index in [1.807, 2.05) is 19.2 Å². The predicted molar refractivity (Wildman–Crippen MR) is 61.6 cm³/mol. The maximum atomic E-state index is 8.72. The van der Waals surface area contributed by atoms with Crippen LogP contribution >= 0.6 is 0 Å². The molecule has 0 N–H and O–H groups in total. The molecule has 76 valence electrons. The first-order valence-electron chi connectivity index (χ1n) is 5.15. The van der Waals surface area contributed by atoms with Crippen molar-refractivity contribution in [2.24, 2.45) is 7.05 Å². The largest absolute Gasteiger partial charge is 0.350 e. The molecule has 0 saturated carbocycles. The lowest BCUT2D eigenvalue weighted by Gasteiger charge is -2.04. The molecule has 0 saturated heterocycles. The summed E-state index contributed by atoms with van der Waals surface area (Å²) in [5.74, 6) is 0.307. The van der Waals surface area contributed by atoms with Gasteiger partial charge in [-0.3, -0.25) is 0 Å². The first-order chi connectivity index (χ1) is 7.24. The first kappa shape index (κ1) is 9.79. The summed E-state index contributed by atoms with van der Waals surface area (Å²) in [6, 6.07) is 10.6. The van der Waals surface area contributed by atoms with Gasteiger partial charge in [0.2, 0.25) is 0 Å². The minimum Gasteiger partial charge on any atom is -0.350 e. The van der Waals surface area contributed by atoms with E-state index in [0.717, 1.165) is 0 Å². The monoisotopic (exact) mass is 198 g/mol. The molecule has 0 fully saturated rings. The number of fused-ring (bicyclic) bond motifs is 1. The van der Waals surface area contributed by atoms with Crippen LogP contribution in [-0.2, 0) is 7.05 Å². The van der Waals surface area contributed by atoms with Gasteiger partial charge in [0.05, 0.1) is 6.07 Å². The Morgan fingerprint density at radius 1 is 1.40 bits per heavy atom. The molecule has 0 bridgehead atoms.